The van der Waals surface area contributed by atoms with Crippen LogP contribution in [0.2, 0.25) is 0 Å². The van der Waals surface area contributed by atoms with Crippen molar-refractivity contribution >= 4 is 38.8 Å². The summed E-state index contributed by atoms with van der Waals surface area (Å²) in [5.74, 6) is -1.34. The number of hydrogen-bond acceptors (Lipinski definition) is 7. The molecule has 0 saturated carbocycles. The smallest absolute Gasteiger partial charge is 0.242 e. The van der Waals surface area contributed by atoms with Crippen molar-refractivity contribution in [1.82, 2.24) is 25.3 Å². The first-order valence-electron chi connectivity index (χ1n) is 10.1. The third-order valence-corrected chi connectivity index (χ3v) is 6.16. The lowest BCUT2D eigenvalue weighted by molar-refractivity contribution is -0.130. The standard InChI is InChI=1S/C21H26N6O5S/c1-13(19(29)23-10-15-7-8-16-17(9-15)26-21(22)25-16)24-20(30)18(11-28)27-33(31,32)12-14-5-3-2-4-6-14/h2-9,13,18,27-28H,10-12H2,1H3,(H,23,29)(H,24,30)(H3,22,25,26)/t13-,18+/m0/s1. The van der Waals surface area contributed by atoms with Gasteiger partial charge in [-0.15, -0.1) is 0 Å². The number of carbonyl (C=O) groups excluding carboxylic acids is 2. The number of H-pyrrole nitrogens is 1. The van der Waals surface area contributed by atoms with Crippen LogP contribution in [0, 0.1) is 0 Å². The van der Waals surface area contributed by atoms with Gasteiger partial charge in [-0.05, 0) is 30.2 Å². The predicted octanol–water partition coefficient (Wildman–Crippen LogP) is -0.253. The average Bonchev–Trinajstić information content (AvgIpc) is 3.15. The molecule has 0 saturated heterocycles. The maximum Gasteiger partial charge on any atom is 0.242 e. The van der Waals surface area contributed by atoms with Gasteiger partial charge in [0.2, 0.25) is 21.8 Å². The van der Waals surface area contributed by atoms with Crippen molar-refractivity contribution in [3.8, 4) is 0 Å². The summed E-state index contributed by atoms with van der Waals surface area (Å²) in [6, 6.07) is 11.4. The Balaban J connectivity index is 1.52. The van der Waals surface area contributed by atoms with E-state index >= 15 is 0 Å². The summed E-state index contributed by atoms with van der Waals surface area (Å²) in [6.07, 6.45) is 0. The fourth-order valence-corrected chi connectivity index (χ4v) is 4.46. The van der Waals surface area contributed by atoms with Crippen molar-refractivity contribution in [1.29, 1.82) is 0 Å². The molecule has 0 aliphatic heterocycles. The number of fused-ring (bicyclic) bond motifs is 1. The second-order valence-corrected chi connectivity index (χ2v) is 9.27. The van der Waals surface area contributed by atoms with E-state index in [4.69, 9.17) is 5.73 Å². The van der Waals surface area contributed by atoms with E-state index in [-0.39, 0.29) is 12.3 Å². The summed E-state index contributed by atoms with van der Waals surface area (Å²) in [7, 11) is -3.90. The number of nitrogens with two attached hydrogens (primary N) is 1. The minimum atomic E-state index is -3.90. The summed E-state index contributed by atoms with van der Waals surface area (Å²) < 4.78 is 26.9. The zero-order chi connectivity index (χ0) is 24.0. The molecular formula is C21H26N6O5S. The van der Waals surface area contributed by atoms with E-state index in [1.807, 2.05) is 0 Å². The van der Waals surface area contributed by atoms with Crippen LogP contribution in [0.5, 0.6) is 0 Å². The van der Waals surface area contributed by atoms with Crippen molar-refractivity contribution in [2.45, 2.75) is 31.3 Å². The SMILES string of the molecule is C[C@H](NC(=O)[C@@H](CO)NS(=O)(=O)Cc1ccccc1)C(=O)NCc1ccc2nc(N)[nH]c2c1. The number of sulfonamides is 1. The third kappa shape index (κ3) is 6.75. The Bertz CT molecular complexity index is 1230. The zero-order valence-corrected chi connectivity index (χ0v) is 18.7. The Kier molecular flexibility index (Phi) is 7.63. The quantitative estimate of drug-likeness (QED) is 0.234. The molecule has 0 radical (unpaired) electrons. The first kappa shape index (κ1) is 24.2. The van der Waals surface area contributed by atoms with Crippen molar-refractivity contribution in [2.24, 2.45) is 0 Å². The topological polar surface area (TPSA) is 179 Å². The van der Waals surface area contributed by atoms with E-state index < -0.39 is 40.5 Å². The highest BCUT2D eigenvalue weighted by Gasteiger charge is 2.26. The summed E-state index contributed by atoms with van der Waals surface area (Å²) in [5, 5.41) is 14.6. The number of aliphatic hydroxyl groups is 1. The third-order valence-electron chi connectivity index (χ3n) is 4.80. The number of aromatic nitrogens is 2. The maximum atomic E-state index is 12.4. The molecule has 2 amide bonds. The summed E-state index contributed by atoms with van der Waals surface area (Å²) >= 11 is 0. The number of rotatable bonds is 10. The molecule has 0 bridgehead atoms. The molecule has 0 fully saturated rings. The number of carbonyl (C=O) groups is 2. The van der Waals surface area contributed by atoms with Crippen LogP contribution in [0.4, 0.5) is 5.95 Å². The lowest BCUT2D eigenvalue weighted by atomic mass is 10.2. The van der Waals surface area contributed by atoms with Crippen molar-refractivity contribution < 1.29 is 23.1 Å². The molecule has 0 aliphatic carbocycles. The van der Waals surface area contributed by atoms with Crippen molar-refractivity contribution in [3.05, 3.63) is 59.7 Å². The van der Waals surface area contributed by atoms with Crippen LogP contribution in [-0.4, -0.2) is 54.0 Å². The summed E-state index contributed by atoms with van der Waals surface area (Å²) in [4.78, 5) is 31.8. The van der Waals surface area contributed by atoms with Crippen LogP contribution in [0.1, 0.15) is 18.1 Å². The van der Waals surface area contributed by atoms with Crippen molar-refractivity contribution in [2.75, 3.05) is 12.3 Å². The molecule has 0 aliphatic rings. The molecule has 2 aromatic carbocycles. The normalized spacial score (nSPS) is 13.4. The molecule has 176 valence electrons. The fourth-order valence-electron chi connectivity index (χ4n) is 3.13. The van der Waals surface area contributed by atoms with E-state index in [1.54, 1.807) is 48.5 Å². The van der Waals surface area contributed by atoms with Gasteiger partial charge in [-0.1, -0.05) is 36.4 Å². The summed E-state index contributed by atoms with van der Waals surface area (Å²) in [5.41, 5.74) is 8.38. The number of nitrogens with zero attached hydrogens (tertiary/aromatic N) is 1. The van der Waals surface area contributed by atoms with Gasteiger partial charge in [-0.25, -0.2) is 18.1 Å². The first-order chi connectivity index (χ1) is 15.7. The number of aromatic amines is 1. The molecule has 12 heteroatoms. The van der Waals surface area contributed by atoms with Crippen LogP contribution in [-0.2, 0) is 31.9 Å². The highest BCUT2D eigenvalue weighted by atomic mass is 32.2. The highest BCUT2D eigenvalue weighted by Crippen LogP contribution is 2.14. The number of anilines is 1. The second-order valence-electron chi connectivity index (χ2n) is 7.52. The Morgan fingerprint density at radius 2 is 1.85 bits per heavy atom. The fraction of sp³-hybridized carbons (Fsp3) is 0.286. The molecule has 1 heterocycles. The van der Waals surface area contributed by atoms with Crippen molar-refractivity contribution in [3.63, 3.8) is 0 Å². The molecule has 2 atom stereocenters. The molecule has 0 unspecified atom stereocenters. The average molecular weight is 475 g/mol. The lowest BCUT2D eigenvalue weighted by Gasteiger charge is -2.19. The number of amides is 2. The number of hydrogen-bond donors (Lipinski definition) is 6. The van der Waals surface area contributed by atoms with Gasteiger partial charge in [0.15, 0.2) is 5.95 Å². The highest BCUT2D eigenvalue weighted by molar-refractivity contribution is 7.88. The molecule has 33 heavy (non-hydrogen) atoms. The monoisotopic (exact) mass is 474 g/mol. The van der Waals surface area contributed by atoms with E-state index in [1.165, 1.54) is 6.92 Å². The molecule has 7 N–H and O–H groups in total. The van der Waals surface area contributed by atoms with E-state index in [0.717, 1.165) is 11.1 Å². The van der Waals surface area contributed by atoms with E-state index in [0.29, 0.717) is 17.0 Å². The van der Waals surface area contributed by atoms with E-state index in [9.17, 15) is 23.1 Å². The molecule has 11 nitrogen and oxygen atoms in total. The van der Waals surface area contributed by atoms with Crippen LogP contribution < -0.4 is 21.1 Å². The maximum absolute atomic E-state index is 12.4. The Morgan fingerprint density at radius 1 is 1.12 bits per heavy atom. The largest absolute Gasteiger partial charge is 0.394 e. The Hall–Kier alpha value is -3.48. The number of aliphatic hydroxyl groups excluding tert-OH is 1. The number of nitrogens with one attached hydrogen (secondary N) is 4. The lowest BCUT2D eigenvalue weighted by Crippen LogP contribution is -2.54. The Labute approximate surface area is 190 Å². The van der Waals surface area contributed by atoms with Gasteiger partial charge in [0.05, 0.1) is 23.4 Å². The van der Waals surface area contributed by atoms with Gasteiger partial charge >= 0.3 is 0 Å². The van der Waals surface area contributed by atoms with Gasteiger partial charge in [0, 0.05) is 6.54 Å². The minimum Gasteiger partial charge on any atom is -0.394 e. The minimum absolute atomic E-state index is 0.195. The van der Waals surface area contributed by atoms with Crippen LogP contribution in [0.25, 0.3) is 11.0 Å². The first-order valence-corrected chi connectivity index (χ1v) is 11.8. The molecule has 3 aromatic rings. The molecule has 0 spiro atoms. The van der Waals surface area contributed by atoms with Gasteiger partial charge in [-0.2, -0.15) is 0 Å². The van der Waals surface area contributed by atoms with Gasteiger partial charge in [-0.3, -0.25) is 9.59 Å². The number of benzene rings is 2. The Morgan fingerprint density at radius 3 is 2.55 bits per heavy atom. The predicted molar refractivity (Wildman–Crippen MR) is 123 cm³/mol. The second kappa shape index (κ2) is 10.4. The zero-order valence-electron chi connectivity index (χ0n) is 17.9. The van der Waals surface area contributed by atoms with Gasteiger partial charge in [0.1, 0.15) is 12.1 Å². The van der Waals surface area contributed by atoms with Gasteiger partial charge in [0.25, 0.3) is 0 Å². The van der Waals surface area contributed by atoms with Crippen LogP contribution in [0.3, 0.4) is 0 Å². The molecule has 1 aromatic heterocycles. The molecular weight excluding hydrogens is 448 g/mol. The van der Waals surface area contributed by atoms with Crippen LogP contribution >= 0.6 is 0 Å². The van der Waals surface area contributed by atoms with E-state index in [2.05, 4.69) is 25.3 Å². The number of imidazole rings is 1. The van der Waals surface area contributed by atoms with Crippen LogP contribution in [0.15, 0.2) is 48.5 Å². The summed E-state index contributed by atoms with van der Waals surface area (Å²) in [6.45, 7) is 0.890. The van der Waals surface area contributed by atoms with Gasteiger partial charge < -0.3 is 26.5 Å². The molecule has 3 rings (SSSR count). The number of nitrogen functional groups attached to an aromatic ring is 1.